The van der Waals surface area contributed by atoms with E-state index in [0.29, 0.717) is 13.0 Å². The summed E-state index contributed by atoms with van der Waals surface area (Å²) < 4.78 is 56.7. The van der Waals surface area contributed by atoms with Gasteiger partial charge in [-0.25, -0.2) is 9.78 Å². The molecule has 0 bridgehead atoms. The van der Waals surface area contributed by atoms with Gasteiger partial charge in [-0.2, -0.15) is 13.2 Å². The first kappa shape index (κ1) is 29.2. The first-order valence-corrected chi connectivity index (χ1v) is 12.3. The minimum absolute atomic E-state index is 0.249. The van der Waals surface area contributed by atoms with Crippen LogP contribution in [0.2, 0.25) is 0 Å². The van der Waals surface area contributed by atoms with E-state index >= 15 is 0 Å². The van der Waals surface area contributed by atoms with E-state index in [2.05, 4.69) is 9.97 Å². The number of hydrogen-bond donors (Lipinski definition) is 0. The maximum atomic E-state index is 13.3. The molecule has 0 N–H and O–H groups in total. The highest BCUT2D eigenvalue weighted by atomic mass is 19.4. The average molecular weight is 538 g/mol. The van der Waals surface area contributed by atoms with E-state index in [0.717, 1.165) is 17.3 Å². The maximum absolute atomic E-state index is 13.3. The highest BCUT2D eigenvalue weighted by Gasteiger charge is 2.41. The summed E-state index contributed by atoms with van der Waals surface area (Å²) in [5.74, 6) is -1.61. The Hall–Kier alpha value is -3.37. The maximum Gasteiger partial charge on any atom is 0.421 e. The van der Waals surface area contributed by atoms with Gasteiger partial charge in [0, 0.05) is 43.5 Å². The molecule has 208 valence electrons. The van der Waals surface area contributed by atoms with Crippen molar-refractivity contribution in [3.8, 4) is 5.88 Å². The Labute approximate surface area is 220 Å². The van der Waals surface area contributed by atoms with Crippen LogP contribution in [0, 0.1) is 12.3 Å². The first-order chi connectivity index (χ1) is 17.6. The van der Waals surface area contributed by atoms with Gasteiger partial charge in [-0.3, -0.25) is 9.78 Å². The Kier molecular flexibility index (Phi) is 8.58. The molecule has 0 radical (unpaired) electrons. The Morgan fingerprint density at radius 1 is 1.05 bits per heavy atom. The SMILES string of the molecule is Cc1ncccc1[C@@H]1CN(C(=O)OC(C)(C)C)CC[C@H]1OC(=O)C(C)(C)COc1ncccc1C(F)(F)F. The van der Waals surface area contributed by atoms with Crippen LogP contribution >= 0.6 is 0 Å². The number of esters is 1. The minimum Gasteiger partial charge on any atom is -0.476 e. The molecular weight excluding hydrogens is 503 g/mol. The van der Waals surface area contributed by atoms with E-state index in [1.54, 1.807) is 37.9 Å². The van der Waals surface area contributed by atoms with Crippen LogP contribution in [-0.2, 0) is 20.4 Å². The van der Waals surface area contributed by atoms with Crippen molar-refractivity contribution in [2.75, 3.05) is 19.7 Å². The number of piperidine rings is 1. The highest BCUT2D eigenvalue weighted by Crippen LogP contribution is 2.36. The van der Waals surface area contributed by atoms with Gasteiger partial charge < -0.3 is 19.1 Å². The number of carbonyl (C=O) groups excluding carboxylic acids is 2. The summed E-state index contributed by atoms with van der Waals surface area (Å²) in [7, 11) is 0. The number of carbonyl (C=O) groups is 2. The number of ether oxygens (including phenoxy) is 3. The van der Waals surface area contributed by atoms with Gasteiger partial charge in [-0.1, -0.05) is 6.07 Å². The van der Waals surface area contributed by atoms with Gasteiger partial charge in [0.05, 0.1) is 5.41 Å². The number of nitrogens with zero attached hydrogens (tertiary/aromatic N) is 3. The van der Waals surface area contributed by atoms with E-state index in [-0.39, 0.29) is 19.1 Å². The number of halogens is 3. The van der Waals surface area contributed by atoms with Crippen LogP contribution in [0.4, 0.5) is 18.0 Å². The van der Waals surface area contributed by atoms with Crippen LogP contribution in [-0.4, -0.2) is 58.3 Å². The van der Waals surface area contributed by atoms with Crippen molar-refractivity contribution in [2.45, 2.75) is 71.8 Å². The average Bonchev–Trinajstić information content (AvgIpc) is 2.82. The molecule has 0 aliphatic carbocycles. The smallest absolute Gasteiger partial charge is 0.421 e. The summed E-state index contributed by atoms with van der Waals surface area (Å²) in [6, 6.07) is 5.68. The van der Waals surface area contributed by atoms with Gasteiger partial charge in [0.2, 0.25) is 5.88 Å². The second-order valence-electron chi connectivity index (χ2n) is 11.0. The molecule has 0 spiro atoms. The summed E-state index contributed by atoms with van der Waals surface area (Å²) in [5, 5.41) is 0. The number of alkyl halides is 3. The van der Waals surface area contributed by atoms with Gasteiger partial charge in [0.1, 0.15) is 23.9 Å². The van der Waals surface area contributed by atoms with E-state index in [4.69, 9.17) is 14.2 Å². The zero-order valence-electron chi connectivity index (χ0n) is 22.5. The Morgan fingerprint density at radius 2 is 1.71 bits per heavy atom. The molecule has 38 heavy (non-hydrogen) atoms. The van der Waals surface area contributed by atoms with Crippen molar-refractivity contribution in [2.24, 2.45) is 5.41 Å². The van der Waals surface area contributed by atoms with Crippen molar-refractivity contribution < 1.29 is 37.0 Å². The third kappa shape index (κ3) is 7.35. The Balaban J connectivity index is 1.76. The third-order valence-electron chi connectivity index (χ3n) is 6.11. The van der Waals surface area contributed by atoms with E-state index in [1.165, 1.54) is 26.1 Å². The fraction of sp³-hybridized carbons (Fsp3) is 0.556. The molecule has 1 saturated heterocycles. The lowest BCUT2D eigenvalue weighted by molar-refractivity contribution is -0.164. The van der Waals surface area contributed by atoms with Crippen LogP contribution in [0.3, 0.4) is 0 Å². The molecule has 3 heterocycles. The fourth-order valence-corrected chi connectivity index (χ4v) is 4.08. The second kappa shape index (κ2) is 11.2. The van der Waals surface area contributed by atoms with Gasteiger partial charge in [-0.15, -0.1) is 0 Å². The van der Waals surface area contributed by atoms with Gasteiger partial charge >= 0.3 is 18.2 Å². The van der Waals surface area contributed by atoms with Crippen molar-refractivity contribution in [3.05, 3.63) is 53.5 Å². The van der Waals surface area contributed by atoms with Crippen molar-refractivity contribution in [1.82, 2.24) is 14.9 Å². The molecule has 2 aromatic rings. The number of rotatable bonds is 6. The number of aryl methyl sites for hydroxylation is 1. The van der Waals surface area contributed by atoms with E-state index in [9.17, 15) is 22.8 Å². The third-order valence-corrected chi connectivity index (χ3v) is 6.11. The lowest BCUT2D eigenvalue weighted by Crippen LogP contribution is -2.49. The normalized spacial score (nSPS) is 18.6. The lowest BCUT2D eigenvalue weighted by Gasteiger charge is -2.40. The molecule has 0 unspecified atom stereocenters. The standard InChI is InChI=1S/C27H34F3N3O5/c1-17-18(9-7-12-31-17)19-15-33(24(35)38-25(2,3)4)14-11-21(19)37-23(34)26(5,6)16-36-22-20(27(28,29)30)10-8-13-32-22/h7-10,12-13,19,21H,11,14-16H2,1-6H3/t19-,21+/m0/s1. The molecule has 1 fully saturated rings. The van der Waals surface area contributed by atoms with Gasteiger partial charge in [0.25, 0.3) is 0 Å². The molecule has 1 aliphatic rings. The number of hydrogen-bond acceptors (Lipinski definition) is 7. The first-order valence-electron chi connectivity index (χ1n) is 12.3. The van der Waals surface area contributed by atoms with Gasteiger partial charge in [0.15, 0.2) is 0 Å². The van der Waals surface area contributed by atoms with Crippen LogP contribution in [0.25, 0.3) is 0 Å². The number of likely N-dealkylation sites (tertiary alicyclic amines) is 1. The van der Waals surface area contributed by atoms with Crippen molar-refractivity contribution in [1.29, 1.82) is 0 Å². The van der Waals surface area contributed by atoms with Crippen molar-refractivity contribution >= 4 is 12.1 Å². The topological polar surface area (TPSA) is 90.9 Å². The minimum atomic E-state index is -4.65. The predicted molar refractivity (Wildman–Crippen MR) is 133 cm³/mol. The predicted octanol–water partition coefficient (Wildman–Crippen LogP) is 5.55. The summed E-state index contributed by atoms with van der Waals surface area (Å²) in [6.45, 7) is 10.4. The van der Waals surface area contributed by atoms with Crippen LogP contribution in [0.15, 0.2) is 36.7 Å². The van der Waals surface area contributed by atoms with E-state index in [1.807, 2.05) is 13.0 Å². The molecule has 8 nitrogen and oxygen atoms in total. The zero-order valence-corrected chi connectivity index (χ0v) is 22.5. The van der Waals surface area contributed by atoms with Crippen molar-refractivity contribution in [3.63, 3.8) is 0 Å². The second-order valence-corrected chi connectivity index (χ2v) is 11.0. The zero-order chi connectivity index (χ0) is 28.3. The molecule has 1 aliphatic heterocycles. The molecule has 2 aromatic heterocycles. The van der Waals surface area contributed by atoms with Crippen LogP contribution in [0.1, 0.15) is 63.8 Å². The van der Waals surface area contributed by atoms with E-state index < -0.39 is 46.8 Å². The molecule has 0 aromatic carbocycles. The molecular formula is C27H34F3N3O5. The summed E-state index contributed by atoms with van der Waals surface area (Å²) >= 11 is 0. The molecule has 1 amide bonds. The summed E-state index contributed by atoms with van der Waals surface area (Å²) in [5.41, 5.74) is -1.40. The lowest BCUT2D eigenvalue weighted by atomic mass is 9.86. The number of aromatic nitrogens is 2. The molecule has 0 saturated carbocycles. The molecule has 3 rings (SSSR count). The fourth-order valence-electron chi connectivity index (χ4n) is 4.08. The molecule has 2 atom stereocenters. The summed E-state index contributed by atoms with van der Waals surface area (Å²) in [4.78, 5) is 35.6. The Morgan fingerprint density at radius 3 is 2.34 bits per heavy atom. The number of amides is 1. The quantitative estimate of drug-likeness (QED) is 0.447. The van der Waals surface area contributed by atoms with Crippen LogP contribution < -0.4 is 4.74 Å². The largest absolute Gasteiger partial charge is 0.476 e. The summed E-state index contributed by atoms with van der Waals surface area (Å²) in [6.07, 6.45) is -2.51. The number of pyridine rings is 2. The highest BCUT2D eigenvalue weighted by molar-refractivity contribution is 5.76. The molecule has 11 heteroatoms. The monoisotopic (exact) mass is 537 g/mol. The van der Waals surface area contributed by atoms with Crippen LogP contribution in [0.5, 0.6) is 5.88 Å². The Bertz CT molecular complexity index is 1150. The van der Waals surface area contributed by atoms with Gasteiger partial charge in [-0.05, 0) is 65.3 Å².